The highest BCUT2D eigenvalue weighted by atomic mass is 16.2. The van der Waals surface area contributed by atoms with E-state index in [4.69, 9.17) is 0 Å². The molecule has 1 saturated heterocycles. The van der Waals surface area contributed by atoms with E-state index in [-0.39, 0.29) is 6.03 Å². The zero-order valence-corrected chi connectivity index (χ0v) is 12.6. The van der Waals surface area contributed by atoms with Gasteiger partial charge in [-0.15, -0.1) is 0 Å². The predicted molar refractivity (Wildman–Crippen MR) is 79.4 cm³/mol. The fraction of sp³-hybridized carbons (Fsp3) is 0.600. The van der Waals surface area contributed by atoms with Crippen molar-refractivity contribution < 1.29 is 4.79 Å². The van der Waals surface area contributed by atoms with Gasteiger partial charge in [-0.1, -0.05) is 6.07 Å². The zero-order chi connectivity index (χ0) is 14.5. The van der Waals surface area contributed by atoms with E-state index in [1.54, 1.807) is 25.2 Å². The number of urea groups is 1. The molecular weight excluding hydrogens is 252 g/mol. The Labute approximate surface area is 121 Å². The maximum atomic E-state index is 11.9. The number of aromatic nitrogens is 1. The van der Waals surface area contributed by atoms with Crippen LogP contribution in [0.25, 0.3) is 0 Å². The molecule has 1 aromatic heterocycles. The fourth-order valence-corrected chi connectivity index (χ4v) is 2.69. The first-order chi connectivity index (χ1) is 9.58. The molecular formula is C15H24N4O. The van der Waals surface area contributed by atoms with Crippen LogP contribution in [0.2, 0.25) is 0 Å². The van der Waals surface area contributed by atoms with E-state index in [9.17, 15) is 4.79 Å². The van der Waals surface area contributed by atoms with Crippen LogP contribution in [-0.4, -0.2) is 66.0 Å². The fourth-order valence-electron chi connectivity index (χ4n) is 2.69. The van der Waals surface area contributed by atoms with Gasteiger partial charge in [0.2, 0.25) is 0 Å². The number of rotatable bonds is 3. The van der Waals surface area contributed by atoms with Crippen LogP contribution in [0.15, 0.2) is 24.5 Å². The predicted octanol–water partition coefficient (Wildman–Crippen LogP) is 1.66. The number of carbonyl (C=O) groups excluding carboxylic acids is 1. The number of nitrogens with zero attached hydrogens (tertiary/aromatic N) is 4. The molecule has 0 aromatic carbocycles. The van der Waals surface area contributed by atoms with Gasteiger partial charge in [-0.05, 0) is 24.5 Å². The highest BCUT2D eigenvalue weighted by Crippen LogP contribution is 2.18. The zero-order valence-electron chi connectivity index (χ0n) is 12.6. The van der Waals surface area contributed by atoms with Crippen LogP contribution >= 0.6 is 0 Å². The van der Waals surface area contributed by atoms with Crippen LogP contribution in [0.1, 0.15) is 18.4 Å². The van der Waals surface area contributed by atoms with Gasteiger partial charge in [0.1, 0.15) is 0 Å². The molecule has 0 bridgehead atoms. The minimum Gasteiger partial charge on any atom is -0.331 e. The average molecular weight is 276 g/mol. The molecule has 0 atom stereocenters. The number of likely N-dealkylation sites (tertiary alicyclic amines) is 1. The third-order valence-corrected chi connectivity index (χ3v) is 3.92. The van der Waals surface area contributed by atoms with Crippen LogP contribution in [0.3, 0.4) is 0 Å². The normalized spacial score (nSPS) is 16.9. The molecule has 1 aliphatic heterocycles. The first-order valence-electron chi connectivity index (χ1n) is 7.13. The summed E-state index contributed by atoms with van der Waals surface area (Å²) in [5.74, 6) is 0. The van der Waals surface area contributed by atoms with E-state index in [0.29, 0.717) is 6.04 Å². The lowest BCUT2D eigenvalue weighted by Gasteiger charge is -2.37. The molecule has 0 spiro atoms. The second-order valence-electron chi connectivity index (χ2n) is 5.66. The quantitative estimate of drug-likeness (QED) is 0.843. The summed E-state index contributed by atoms with van der Waals surface area (Å²) in [5, 5.41) is 0. The van der Waals surface area contributed by atoms with Gasteiger partial charge in [-0.2, -0.15) is 0 Å². The second-order valence-corrected chi connectivity index (χ2v) is 5.66. The lowest BCUT2D eigenvalue weighted by Crippen LogP contribution is -2.48. The Kier molecular flexibility index (Phi) is 4.95. The molecule has 0 aliphatic carbocycles. The molecule has 0 unspecified atom stereocenters. The molecule has 1 aromatic rings. The molecule has 110 valence electrons. The van der Waals surface area contributed by atoms with Crippen LogP contribution in [-0.2, 0) is 6.54 Å². The van der Waals surface area contributed by atoms with Crippen molar-refractivity contribution in [3.8, 4) is 0 Å². The molecule has 0 N–H and O–H groups in total. The Balaban J connectivity index is 1.82. The van der Waals surface area contributed by atoms with Gasteiger partial charge < -0.3 is 9.80 Å². The summed E-state index contributed by atoms with van der Waals surface area (Å²) in [6, 6.07) is 4.54. The van der Waals surface area contributed by atoms with Crippen molar-refractivity contribution in [3.63, 3.8) is 0 Å². The summed E-state index contributed by atoms with van der Waals surface area (Å²) in [6.07, 6.45) is 5.80. The van der Waals surface area contributed by atoms with E-state index >= 15 is 0 Å². The van der Waals surface area contributed by atoms with Crippen molar-refractivity contribution in [2.24, 2.45) is 0 Å². The Morgan fingerprint density at radius 3 is 2.60 bits per heavy atom. The molecule has 0 radical (unpaired) electrons. The summed E-state index contributed by atoms with van der Waals surface area (Å²) in [7, 11) is 5.51. The number of piperidine rings is 1. The minimum atomic E-state index is 0.0932. The molecule has 2 rings (SSSR count). The third kappa shape index (κ3) is 3.70. The first-order valence-corrected chi connectivity index (χ1v) is 7.13. The van der Waals surface area contributed by atoms with Crippen molar-refractivity contribution in [2.45, 2.75) is 25.4 Å². The maximum Gasteiger partial charge on any atom is 0.319 e. The van der Waals surface area contributed by atoms with E-state index < -0.39 is 0 Å². The number of hydrogen-bond acceptors (Lipinski definition) is 3. The third-order valence-electron chi connectivity index (χ3n) is 3.92. The maximum absolute atomic E-state index is 11.9. The van der Waals surface area contributed by atoms with Gasteiger partial charge >= 0.3 is 6.03 Å². The molecule has 2 heterocycles. The van der Waals surface area contributed by atoms with E-state index in [0.717, 1.165) is 32.5 Å². The van der Waals surface area contributed by atoms with Gasteiger partial charge in [-0.25, -0.2) is 4.79 Å². The standard InChI is InChI=1S/C15H24N4O/c1-17(2)15(20)18(3)14-6-9-19(10-7-14)12-13-5-4-8-16-11-13/h4-5,8,11,14H,6-7,9-10,12H2,1-3H3. The molecule has 1 aliphatic rings. The van der Waals surface area contributed by atoms with Gasteiger partial charge in [0.25, 0.3) is 0 Å². The van der Waals surface area contributed by atoms with Crippen LogP contribution in [0, 0.1) is 0 Å². The van der Waals surface area contributed by atoms with E-state index in [1.807, 2.05) is 24.2 Å². The lowest BCUT2D eigenvalue weighted by molar-refractivity contribution is 0.118. The molecule has 5 heteroatoms. The molecule has 1 fully saturated rings. The Hall–Kier alpha value is -1.62. The van der Waals surface area contributed by atoms with E-state index in [1.165, 1.54) is 5.56 Å². The van der Waals surface area contributed by atoms with Crippen molar-refractivity contribution in [2.75, 3.05) is 34.2 Å². The Bertz CT molecular complexity index is 427. The van der Waals surface area contributed by atoms with Crippen LogP contribution in [0.4, 0.5) is 4.79 Å². The van der Waals surface area contributed by atoms with Gasteiger partial charge in [-0.3, -0.25) is 9.88 Å². The van der Waals surface area contributed by atoms with Crippen molar-refractivity contribution in [1.82, 2.24) is 19.7 Å². The van der Waals surface area contributed by atoms with Crippen molar-refractivity contribution >= 4 is 6.03 Å². The summed E-state index contributed by atoms with van der Waals surface area (Å²) in [5.41, 5.74) is 1.25. The molecule has 20 heavy (non-hydrogen) atoms. The SMILES string of the molecule is CN(C)C(=O)N(C)C1CCN(Cc2cccnc2)CC1. The Morgan fingerprint density at radius 2 is 2.05 bits per heavy atom. The minimum absolute atomic E-state index is 0.0932. The number of amides is 2. The summed E-state index contributed by atoms with van der Waals surface area (Å²) in [6.45, 7) is 3.02. The van der Waals surface area contributed by atoms with E-state index in [2.05, 4.69) is 16.0 Å². The Morgan fingerprint density at radius 1 is 1.35 bits per heavy atom. The average Bonchev–Trinajstić information content (AvgIpc) is 2.47. The summed E-state index contributed by atoms with van der Waals surface area (Å²) < 4.78 is 0. The topological polar surface area (TPSA) is 39.7 Å². The molecule has 5 nitrogen and oxygen atoms in total. The molecule has 0 saturated carbocycles. The van der Waals surface area contributed by atoms with Gasteiger partial charge in [0, 0.05) is 59.2 Å². The number of carbonyl (C=O) groups is 1. The largest absolute Gasteiger partial charge is 0.331 e. The first kappa shape index (κ1) is 14.8. The second kappa shape index (κ2) is 6.70. The highest BCUT2D eigenvalue weighted by Gasteiger charge is 2.25. The monoisotopic (exact) mass is 276 g/mol. The summed E-state index contributed by atoms with van der Waals surface area (Å²) >= 11 is 0. The number of hydrogen-bond donors (Lipinski definition) is 0. The van der Waals surface area contributed by atoms with Crippen LogP contribution < -0.4 is 0 Å². The summed E-state index contributed by atoms with van der Waals surface area (Å²) in [4.78, 5) is 22.0. The molecule has 2 amide bonds. The van der Waals surface area contributed by atoms with Crippen LogP contribution in [0.5, 0.6) is 0 Å². The van der Waals surface area contributed by atoms with Crippen molar-refractivity contribution in [1.29, 1.82) is 0 Å². The number of pyridine rings is 1. The smallest absolute Gasteiger partial charge is 0.319 e. The lowest BCUT2D eigenvalue weighted by atomic mass is 10.0. The van der Waals surface area contributed by atoms with Crippen molar-refractivity contribution in [3.05, 3.63) is 30.1 Å². The van der Waals surface area contributed by atoms with Gasteiger partial charge in [0.15, 0.2) is 0 Å². The van der Waals surface area contributed by atoms with Gasteiger partial charge in [0.05, 0.1) is 0 Å². The highest BCUT2D eigenvalue weighted by molar-refractivity contribution is 5.73.